The highest BCUT2D eigenvalue weighted by Gasteiger charge is 2.25. The van der Waals surface area contributed by atoms with E-state index in [1.54, 1.807) is 27.5 Å². The van der Waals surface area contributed by atoms with Gasteiger partial charge in [0.25, 0.3) is 0 Å². The molecule has 1 atom stereocenters. The van der Waals surface area contributed by atoms with E-state index in [1.807, 2.05) is 18.3 Å². The molecule has 0 saturated carbocycles. The molecule has 0 fully saturated rings. The number of aromatic nitrogens is 1. The Kier molecular flexibility index (Phi) is 5.67. The number of nitrogens with zero attached hydrogens (tertiary/aromatic N) is 1. The van der Waals surface area contributed by atoms with Crippen molar-refractivity contribution in [2.75, 3.05) is 27.9 Å². The standard InChI is InChI=1S/C24H26N2O3/c1-27-19-13-18-8-11-26-21(24(18)23(14-19)29-3)12-16-4-6-17(7-5-16)20-15-25-10-9-22(20)28-2/h4-7,9-10,13-15,21,26H,8,11-12H2,1-3H3. The number of hydrogen-bond donors (Lipinski definition) is 1. The number of methoxy groups -OCH3 is 3. The quantitative estimate of drug-likeness (QED) is 0.684. The average molecular weight is 390 g/mol. The Hall–Kier alpha value is -3.05. The molecule has 1 unspecified atom stereocenters. The molecule has 0 spiro atoms. The first-order valence-corrected chi connectivity index (χ1v) is 9.79. The van der Waals surface area contributed by atoms with E-state index in [9.17, 15) is 0 Å². The molecule has 3 aromatic rings. The molecule has 1 aliphatic rings. The smallest absolute Gasteiger partial charge is 0.129 e. The summed E-state index contributed by atoms with van der Waals surface area (Å²) < 4.78 is 16.6. The van der Waals surface area contributed by atoms with Crippen LogP contribution < -0.4 is 19.5 Å². The summed E-state index contributed by atoms with van der Waals surface area (Å²) in [6.45, 7) is 0.943. The van der Waals surface area contributed by atoms with Crippen LogP contribution in [0.3, 0.4) is 0 Å². The third-order valence-electron chi connectivity index (χ3n) is 5.50. The zero-order valence-corrected chi connectivity index (χ0v) is 17.1. The number of nitrogens with one attached hydrogen (secondary N) is 1. The summed E-state index contributed by atoms with van der Waals surface area (Å²) in [5, 5.41) is 3.65. The molecular formula is C24H26N2O3. The van der Waals surface area contributed by atoms with Gasteiger partial charge in [0.1, 0.15) is 17.2 Å². The Bertz CT molecular complexity index is 969. The van der Waals surface area contributed by atoms with Crippen molar-refractivity contribution in [2.24, 2.45) is 0 Å². The van der Waals surface area contributed by atoms with Crippen molar-refractivity contribution in [2.45, 2.75) is 18.9 Å². The van der Waals surface area contributed by atoms with Crippen molar-refractivity contribution in [3.63, 3.8) is 0 Å². The first kappa shape index (κ1) is 19.3. The summed E-state index contributed by atoms with van der Waals surface area (Å²) in [6.07, 6.45) is 5.44. The van der Waals surface area contributed by atoms with Crippen molar-refractivity contribution in [1.82, 2.24) is 10.3 Å². The van der Waals surface area contributed by atoms with Crippen molar-refractivity contribution in [3.05, 3.63) is 71.5 Å². The van der Waals surface area contributed by atoms with Crippen LogP contribution in [0.4, 0.5) is 0 Å². The van der Waals surface area contributed by atoms with E-state index in [0.717, 1.165) is 47.8 Å². The molecule has 2 heterocycles. The molecule has 29 heavy (non-hydrogen) atoms. The number of rotatable bonds is 6. The highest BCUT2D eigenvalue weighted by Crippen LogP contribution is 2.37. The molecule has 0 amide bonds. The molecule has 4 rings (SSSR count). The summed E-state index contributed by atoms with van der Waals surface area (Å²) in [7, 11) is 5.09. The highest BCUT2D eigenvalue weighted by atomic mass is 16.5. The summed E-state index contributed by atoms with van der Waals surface area (Å²) in [5.74, 6) is 2.55. The summed E-state index contributed by atoms with van der Waals surface area (Å²) >= 11 is 0. The number of benzene rings is 2. The van der Waals surface area contributed by atoms with Gasteiger partial charge in [0, 0.05) is 35.6 Å². The van der Waals surface area contributed by atoms with Crippen LogP contribution in [0, 0.1) is 0 Å². The first-order chi connectivity index (χ1) is 14.2. The number of pyridine rings is 1. The minimum atomic E-state index is 0.207. The van der Waals surface area contributed by atoms with Crippen molar-refractivity contribution in [3.8, 4) is 28.4 Å². The molecule has 0 radical (unpaired) electrons. The third kappa shape index (κ3) is 3.91. The fourth-order valence-electron chi connectivity index (χ4n) is 4.04. The molecule has 5 heteroatoms. The van der Waals surface area contributed by atoms with Gasteiger partial charge < -0.3 is 19.5 Å². The number of fused-ring (bicyclic) bond motifs is 1. The maximum Gasteiger partial charge on any atom is 0.129 e. The normalized spacial score (nSPS) is 15.5. The first-order valence-electron chi connectivity index (χ1n) is 9.79. The Morgan fingerprint density at radius 3 is 2.48 bits per heavy atom. The van der Waals surface area contributed by atoms with Gasteiger partial charge in [-0.15, -0.1) is 0 Å². The lowest BCUT2D eigenvalue weighted by molar-refractivity contribution is 0.377. The predicted molar refractivity (Wildman–Crippen MR) is 114 cm³/mol. The third-order valence-corrected chi connectivity index (χ3v) is 5.50. The molecule has 1 aliphatic heterocycles. The lowest BCUT2D eigenvalue weighted by Crippen LogP contribution is -2.31. The van der Waals surface area contributed by atoms with E-state index < -0.39 is 0 Å². The van der Waals surface area contributed by atoms with E-state index in [4.69, 9.17) is 14.2 Å². The Morgan fingerprint density at radius 2 is 1.76 bits per heavy atom. The largest absolute Gasteiger partial charge is 0.497 e. The molecule has 1 N–H and O–H groups in total. The molecular weight excluding hydrogens is 364 g/mol. The van der Waals surface area contributed by atoms with E-state index in [0.29, 0.717) is 0 Å². The van der Waals surface area contributed by atoms with Crippen molar-refractivity contribution in [1.29, 1.82) is 0 Å². The zero-order chi connectivity index (χ0) is 20.2. The highest BCUT2D eigenvalue weighted by molar-refractivity contribution is 5.69. The lowest BCUT2D eigenvalue weighted by Gasteiger charge is -2.29. The Morgan fingerprint density at radius 1 is 0.966 bits per heavy atom. The second-order valence-electron chi connectivity index (χ2n) is 7.14. The van der Waals surface area contributed by atoms with Crippen LogP contribution in [0.1, 0.15) is 22.7 Å². The second kappa shape index (κ2) is 8.53. The molecule has 0 bridgehead atoms. The molecule has 5 nitrogen and oxygen atoms in total. The minimum Gasteiger partial charge on any atom is -0.497 e. The van der Waals surface area contributed by atoms with Crippen LogP contribution in [0.2, 0.25) is 0 Å². The molecule has 2 aromatic carbocycles. The maximum atomic E-state index is 5.68. The number of hydrogen-bond acceptors (Lipinski definition) is 5. The van der Waals surface area contributed by atoms with Crippen LogP contribution in [-0.2, 0) is 12.8 Å². The Balaban J connectivity index is 1.60. The van der Waals surface area contributed by atoms with Gasteiger partial charge in [-0.1, -0.05) is 24.3 Å². The second-order valence-corrected chi connectivity index (χ2v) is 7.14. The Labute approximate surface area is 171 Å². The predicted octanol–water partition coefficient (Wildman–Crippen LogP) is 4.20. The fraction of sp³-hybridized carbons (Fsp3) is 0.292. The van der Waals surface area contributed by atoms with Gasteiger partial charge in [0.15, 0.2) is 0 Å². The number of ether oxygens (including phenoxy) is 3. The molecule has 0 saturated heterocycles. The fourth-order valence-corrected chi connectivity index (χ4v) is 4.04. The van der Waals surface area contributed by atoms with Crippen LogP contribution in [0.5, 0.6) is 17.2 Å². The monoisotopic (exact) mass is 390 g/mol. The van der Waals surface area contributed by atoms with Gasteiger partial charge in [-0.2, -0.15) is 0 Å². The summed E-state index contributed by atoms with van der Waals surface area (Å²) in [6, 6.07) is 14.8. The summed E-state index contributed by atoms with van der Waals surface area (Å²) in [4.78, 5) is 4.23. The van der Waals surface area contributed by atoms with E-state index in [-0.39, 0.29) is 6.04 Å². The SMILES string of the molecule is COc1cc2c(c(OC)c1)C(Cc1ccc(-c3cnccc3OC)cc1)NCC2. The molecule has 1 aromatic heterocycles. The van der Waals surface area contributed by atoms with Crippen LogP contribution in [0.25, 0.3) is 11.1 Å². The van der Waals surface area contributed by atoms with Crippen LogP contribution in [-0.4, -0.2) is 32.9 Å². The van der Waals surface area contributed by atoms with Crippen LogP contribution >= 0.6 is 0 Å². The van der Waals surface area contributed by atoms with Gasteiger partial charge in [0.05, 0.1) is 21.3 Å². The van der Waals surface area contributed by atoms with E-state index in [1.165, 1.54) is 16.7 Å². The lowest BCUT2D eigenvalue weighted by atomic mass is 9.89. The van der Waals surface area contributed by atoms with Gasteiger partial charge >= 0.3 is 0 Å². The minimum absolute atomic E-state index is 0.207. The van der Waals surface area contributed by atoms with E-state index >= 15 is 0 Å². The van der Waals surface area contributed by atoms with Gasteiger partial charge in [-0.25, -0.2) is 0 Å². The van der Waals surface area contributed by atoms with Gasteiger partial charge in [-0.3, -0.25) is 4.98 Å². The molecule has 0 aliphatic carbocycles. The topological polar surface area (TPSA) is 52.6 Å². The van der Waals surface area contributed by atoms with Crippen molar-refractivity contribution < 1.29 is 14.2 Å². The van der Waals surface area contributed by atoms with Gasteiger partial charge in [-0.05, 0) is 48.2 Å². The van der Waals surface area contributed by atoms with Gasteiger partial charge in [0.2, 0.25) is 0 Å². The van der Waals surface area contributed by atoms with E-state index in [2.05, 4.69) is 40.6 Å². The maximum absolute atomic E-state index is 5.68. The average Bonchev–Trinajstić information content (AvgIpc) is 2.78. The molecule has 150 valence electrons. The summed E-state index contributed by atoms with van der Waals surface area (Å²) in [5.41, 5.74) is 5.88. The zero-order valence-electron chi connectivity index (χ0n) is 17.1. The van der Waals surface area contributed by atoms with Crippen LogP contribution in [0.15, 0.2) is 54.9 Å². The van der Waals surface area contributed by atoms with Crippen molar-refractivity contribution >= 4 is 0 Å².